The zero-order valence-corrected chi connectivity index (χ0v) is 18.8. The molecule has 9 heteroatoms. The number of rotatable bonds is 8. The van der Waals surface area contributed by atoms with Crippen molar-refractivity contribution >= 4 is 23.3 Å². The molecule has 0 atom stereocenters. The molecular weight excluding hydrogens is 420 g/mol. The first-order valence-electron chi connectivity index (χ1n) is 10.6. The van der Waals surface area contributed by atoms with Crippen molar-refractivity contribution in [2.45, 2.75) is 33.2 Å². The van der Waals surface area contributed by atoms with Crippen molar-refractivity contribution in [1.82, 2.24) is 19.6 Å². The van der Waals surface area contributed by atoms with E-state index in [0.29, 0.717) is 35.2 Å². The quantitative estimate of drug-likeness (QED) is 0.383. The fraction of sp³-hybridized carbons (Fsp3) is 0.250. The van der Waals surface area contributed by atoms with Gasteiger partial charge in [-0.1, -0.05) is 29.8 Å². The highest BCUT2D eigenvalue weighted by Crippen LogP contribution is 2.15. The number of hydrogen-bond acceptors (Lipinski definition) is 6. The van der Waals surface area contributed by atoms with E-state index in [0.717, 1.165) is 5.56 Å². The van der Waals surface area contributed by atoms with Crippen molar-refractivity contribution in [3.05, 3.63) is 81.3 Å². The molecule has 0 saturated carbocycles. The fourth-order valence-corrected chi connectivity index (χ4v) is 3.45. The van der Waals surface area contributed by atoms with E-state index >= 15 is 0 Å². The molecule has 33 heavy (non-hydrogen) atoms. The number of aromatic nitrogens is 4. The van der Waals surface area contributed by atoms with Gasteiger partial charge in [-0.3, -0.25) is 14.7 Å². The van der Waals surface area contributed by atoms with Crippen molar-refractivity contribution in [1.29, 1.82) is 0 Å². The minimum atomic E-state index is -0.259. The average molecular weight is 447 g/mol. The van der Waals surface area contributed by atoms with Gasteiger partial charge >= 0.3 is 0 Å². The van der Waals surface area contributed by atoms with Gasteiger partial charge in [0.05, 0.1) is 12.8 Å². The van der Waals surface area contributed by atoms with E-state index in [1.54, 1.807) is 38.3 Å². The molecule has 0 unspecified atom stereocenters. The number of hydrogen-bond donors (Lipinski definition) is 3. The predicted octanol–water partition coefficient (Wildman–Crippen LogP) is 3.23. The van der Waals surface area contributed by atoms with Crippen molar-refractivity contribution in [2.24, 2.45) is 0 Å². The van der Waals surface area contributed by atoms with Crippen LogP contribution in [0.4, 0.5) is 11.6 Å². The Morgan fingerprint density at radius 1 is 1.06 bits per heavy atom. The number of nitrogens with one attached hydrogen (secondary N) is 3. The number of methoxy groups -OCH3 is 1. The van der Waals surface area contributed by atoms with Crippen molar-refractivity contribution in [2.75, 3.05) is 17.7 Å². The molecule has 9 nitrogen and oxygen atoms in total. The summed E-state index contributed by atoms with van der Waals surface area (Å²) in [6, 6.07) is 15.2. The number of benzene rings is 2. The first kappa shape index (κ1) is 22.1. The summed E-state index contributed by atoms with van der Waals surface area (Å²) in [5.74, 6) is 1.27. The summed E-state index contributed by atoms with van der Waals surface area (Å²) in [6.07, 6.45) is 0.427. The normalized spacial score (nSPS) is 10.9. The van der Waals surface area contributed by atoms with Crippen LogP contribution in [0.5, 0.6) is 5.75 Å². The number of nitrogens with zero attached hydrogens (tertiary/aromatic N) is 3. The molecule has 2 heterocycles. The Kier molecular flexibility index (Phi) is 6.39. The molecule has 0 bridgehead atoms. The molecule has 0 aliphatic carbocycles. The van der Waals surface area contributed by atoms with Gasteiger partial charge in [0.1, 0.15) is 5.75 Å². The number of anilines is 2. The molecule has 4 aromatic rings. The van der Waals surface area contributed by atoms with Gasteiger partial charge in [-0.25, -0.2) is 4.98 Å². The van der Waals surface area contributed by atoms with Crippen LogP contribution in [0, 0.1) is 13.8 Å². The van der Waals surface area contributed by atoms with E-state index in [4.69, 9.17) is 4.74 Å². The van der Waals surface area contributed by atoms with Crippen LogP contribution in [0.15, 0.2) is 53.3 Å². The van der Waals surface area contributed by atoms with Crippen LogP contribution >= 0.6 is 0 Å². The van der Waals surface area contributed by atoms with Crippen LogP contribution in [0.2, 0.25) is 0 Å². The van der Waals surface area contributed by atoms with Gasteiger partial charge in [0.25, 0.3) is 11.3 Å². The molecule has 0 fully saturated rings. The third-order valence-electron chi connectivity index (χ3n) is 5.35. The van der Waals surface area contributed by atoms with Crippen LogP contribution in [0.1, 0.15) is 28.8 Å². The minimum Gasteiger partial charge on any atom is -0.497 e. The summed E-state index contributed by atoms with van der Waals surface area (Å²) in [7, 11) is 1.59. The zero-order valence-electron chi connectivity index (χ0n) is 18.8. The number of carbonyl (C=O) groups is 1. The summed E-state index contributed by atoms with van der Waals surface area (Å²) in [5, 5.41) is 8.97. The molecule has 1 amide bonds. The Morgan fingerprint density at radius 3 is 2.48 bits per heavy atom. The Balaban J connectivity index is 1.43. The fourth-order valence-electron chi connectivity index (χ4n) is 3.45. The highest BCUT2D eigenvalue weighted by Gasteiger charge is 2.15. The second kappa shape index (κ2) is 9.56. The van der Waals surface area contributed by atoms with Gasteiger partial charge in [0.2, 0.25) is 11.9 Å². The lowest BCUT2D eigenvalue weighted by Crippen LogP contribution is -2.23. The zero-order chi connectivity index (χ0) is 23.4. The minimum absolute atomic E-state index is 0.155. The van der Waals surface area contributed by atoms with Crippen molar-refractivity contribution in [3.63, 3.8) is 0 Å². The third kappa shape index (κ3) is 5.20. The molecule has 3 N–H and O–H groups in total. The molecule has 2 aromatic heterocycles. The largest absolute Gasteiger partial charge is 0.497 e. The maximum Gasteiger partial charge on any atom is 0.277 e. The number of carbonyl (C=O) groups excluding carboxylic acids is 1. The Bertz CT molecular complexity index is 1320. The molecule has 0 spiro atoms. The lowest BCUT2D eigenvalue weighted by Gasteiger charge is -2.07. The van der Waals surface area contributed by atoms with E-state index in [1.807, 2.05) is 31.2 Å². The van der Waals surface area contributed by atoms with E-state index in [9.17, 15) is 9.59 Å². The summed E-state index contributed by atoms with van der Waals surface area (Å²) in [5.41, 5.74) is 3.74. The van der Waals surface area contributed by atoms with Gasteiger partial charge in [0, 0.05) is 24.2 Å². The first-order chi connectivity index (χ1) is 15.9. The predicted molar refractivity (Wildman–Crippen MR) is 127 cm³/mol. The summed E-state index contributed by atoms with van der Waals surface area (Å²) in [6.45, 7) is 4.36. The summed E-state index contributed by atoms with van der Waals surface area (Å²) >= 11 is 0. The van der Waals surface area contributed by atoms with Gasteiger partial charge in [0.15, 0.2) is 0 Å². The van der Waals surface area contributed by atoms with Crippen LogP contribution in [0.3, 0.4) is 0 Å². The molecule has 170 valence electrons. The van der Waals surface area contributed by atoms with E-state index in [-0.39, 0.29) is 30.1 Å². The second-order valence-corrected chi connectivity index (χ2v) is 7.80. The van der Waals surface area contributed by atoms with Gasteiger partial charge in [-0.15, -0.1) is 0 Å². The number of ether oxygens (including phenoxy) is 1. The number of fused-ring (bicyclic) bond motifs is 1. The summed E-state index contributed by atoms with van der Waals surface area (Å²) < 4.78 is 6.42. The molecule has 0 aliphatic rings. The Labute approximate surface area is 190 Å². The molecule has 0 saturated heterocycles. The number of aromatic amines is 1. The monoisotopic (exact) mass is 446 g/mol. The summed E-state index contributed by atoms with van der Waals surface area (Å²) in [4.78, 5) is 34.2. The number of amides is 1. The average Bonchev–Trinajstić information content (AvgIpc) is 3.22. The molecular formula is C24H26N6O3. The standard InChI is InChI=1S/C24H26N6O3/c1-15-4-6-17(7-5-15)14-25-23-28-24-26-16(2)20(22(32)30(24)29-23)12-13-21(31)27-18-8-10-19(33-3)11-9-18/h4-11H,12-14H2,1-3H3,(H,27,31)(H2,25,26,28,29). The van der Waals surface area contributed by atoms with Crippen LogP contribution in [-0.4, -0.2) is 32.6 Å². The number of H-pyrrole nitrogens is 1. The van der Waals surface area contributed by atoms with E-state index in [2.05, 4.69) is 25.7 Å². The second-order valence-electron chi connectivity index (χ2n) is 7.80. The lowest BCUT2D eigenvalue weighted by molar-refractivity contribution is -0.116. The van der Waals surface area contributed by atoms with E-state index in [1.165, 1.54) is 10.1 Å². The Hall–Kier alpha value is -4.14. The molecule has 0 radical (unpaired) electrons. The SMILES string of the molecule is COc1ccc(NC(=O)CCc2c(C)nc3nc(NCc4ccc(C)cc4)[nH]n3c2=O)cc1. The van der Waals surface area contributed by atoms with Crippen LogP contribution in [0.25, 0.3) is 5.78 Å². The smallest absolute Gasteiger partial charge is 0.277 e. The lowest BCUT2D eigenvalue weighted by atomic mass is 10.1. The van der Waals surface area contributed by atoms with Gasteiger partial charge in [-0.05, 0) is 50.1 Å². The van der Waals surface area contributed by atoms with Crippen molar-refractivity contribution in [3.8, 4) is 5.75 Å². The maximum absolute atomic E-state index is 13.0. The molecule has 4 rings (SSSR count). The van der Waals surface area contributed by atoms with Crippen LogP contribution in [-0.2, 0) is 17.8 Å². The van der Waals surface area contributed by atoms with Gasteiger partial charge < -0.3 is 15.4 Å². The van der Waals surface area contributed by atoms with Crippen LogP contribution < -0.4 is 20.9 Å². The topological polar surface area (TPSA) is 113 Å². The molecule has 2 aromatic carbocycles. The van der Waals surface area contributed by atoms with E-state index < -0.39 is 0 Å². The molecule has 0 aliphatic heterocycles. The third-order valence-corrected chi connectivity index (χ3v) is 5.35. The van der Waals surface area contributed by atoms with Gasteiger partial charge in [-0.2, -0.15) is 9.50 Å². The maximum atomic E-state index is 13.0. The highest BCUT2D eigenvalue weighted by molar-refractivity contribution is 5.90. The van der Waals surface area contributed by atoms with Crippen molar-refractivity contribution < 1.29 is 9.53 Å². The first-order valence-corrected chi connectivity index (χ1v) is 10.6. The highest BCUT2D eigenvalue weighted by atomic mass is 16.5. The Morgan fingerprint density at radius 2 is 1.79 bits per heavy atom. The number of aryl methyl sites for hydroxylation is 2.